The van der Waals surface area contributed by atoms with Crippen molar-refractivity contribution >= 4 is 58.4 Å². The molecule has 2 saturated heterocycles. The number of fused-ring (bicyclic) bond motifs is 2. The first-order valence-electron chi connectivity index (χ1n) is 13.9. The molecule has 2 atom stereocenters. The molecule has 1 aromatic heterocycles. The van der Waals surface area contributed by atoms with E-state index in [-0.39, 0.29) is 55.5 Å². The Labute approximate surface area is 270 Å². The lowest BCUT2D eigenvalue weighted by molar-refractivity contribution is -0.192. The van der Waals surface area contributed by atoms with Crippen molar-refractivity contribution in [3.8, 4) is 0 Å². The smallest absolute Gasteiger partial charge is 0.477 e. The number of carbonyl (C=O) groups is 5. The topological polar surface area (TPSA) is 222 Å². The number of carbonyl (C=O) groups excluding carboxylic acids is 2. The number of amides is 2. The van der Waals surface area contributed by atoms with E-state index in [9.17, 15) is 42.3 Å². The molecule has 48 heavy (non-hydrogen) atoms. The first-order chi connectivity index (χ1) is 22.5. The van der Waals surface area contributed by atoms with Crippen LogP contribution in [0.25, 0.3) is 10.9 Å². The van der Waals surface area contributed by atoms with Gasteiger partial charge in [0.15, 0.2) is 0 Å². The molecule has 4 heterocycles. The summed E-state index contributed by atoms with van der Waals surface area (Å²) in [5.74, 6) is -5.27. The third kappa shape index (κ3) is 7.25. The van der Waals surface area contributed by atoms with Gasteiger partial charge in [-0.1, -0.05) is 0 Å². The molecule has 0 spiro atoms. The number of aliphatic carboxylic acids is 1. The van der Waals surface area contributed by atoms with Gasteiger partial charge in [-0.15, -0.1) is 11.8 Å². The zero-order valence-corrected chi connectivity index (χ0v) is 25.5. The van der Waals surface area contributed by atoms with Gasteiger partial charge in [-0.25, -0.2) is 23.6 Å². The van der Waals surface area contributed by atoms with Crippen LogP contribution in [0.15, 0.2) is 34.6 Å². The monoisotopic (exact) mass is 705 g/mol. The highest BCUT2D eigenvalue weighted by atomic mass is 32.2. The van der Waals surface area contributed by atoms with Gasteiger partial charge in [0.2, 0.25) is 17.2 Å². The molecule has 3 aliphatic heterocycles. The quantitative estimate of drug-likeness (QED) is 0.192. The van der Waals surface area contributed by atoms with Gasteiger partial charge in [-0.2, -0.15) is 13.2 Å². The molecule has 2 fully saturated rings. The van der Waals surface area contributed by atoms with Crippen LogP contribution in [0, 0.1) is 5.82 Å². The number of β-lactam (4-membered cyclic amide) rings is 1. The van der Waals surface area contributed by atoms with Crippen molar-refractivity contribution < 1.29 is 66.3 Å². The van der Waals surface area contributed by atoms with Crippen LogP contribution in [0.4, 0.5) is 32.8 Å². The highest BCUT2D eigenvalue weighted by molar-refractivity contribution is 8.00. The normalized spacial score (nSPS) is 19.2. The number of halogens is 4. The first kappa shape index (κ1) is 35.8. The average Bonchev–Trinajstić information content (AvgIpc) is 3.03. The minimum atomic E-state index is -5.08. The second-order valence-electron chi connectivity index (χ2n) is 10.3. The zero-order valence-electron chi connectivity index (χ0n) is 24.7. The lowest BCUT2D eigenvalue weighted by Crippen LogP contribution is -2.68. The fourth-order valence-corrected chi connectivity index (χ4v) is 6.28. The van der Waals surface area contributed by atoms with Gasteiger partial charge in [0.1, 0.15) is 29.4 Å². The molecular weight excluding hydrogens is 678 g/mol. The number of hydrogen-bond donors (Lipinski definition) is 4. The fraction of sp³-hybridized carbons (Fsp3) is 0.407. The Hall–Kier alpha value is -5.05. The van der Waals surface area contributed by atoms with Crippen LogP contribution in [0.1, 0.15) is 17.3 Å². The predicted octanol–water partition coefficient (Wildman–Crippen LogP) is 1.90. The predicted molar refractivity (Wildman–Crippen MR) is 157 cm³/mol. The Bertz CT molecular complexity index is 1760. The molecule has 0 bridgehead atoms. The number of ether oxygens (including phenoxy) is 2. The van der Waals surface area contributed by atoms with E-state index in [1.807, 2.05) is 0 Å². The summed E-state index contributed by atoms with van der Waals surface area (Å²) in [6, 6.07) is 1.78. The van der Waals surface area contributed by atoms with Crippen molar-refractivity contribution in [3.63, 3.8) is 0 Å². The largest absolute Gasteiger partial charge is 0.512 e. The summed E-state index contributed by atoms with van der Waals surface area (Å²) in [5, 5.41) is 25.1. The van der Waals surface area contributed by atoms with E-state index in [0.717, 1.165) is 11.0 Å². The fourth-order valence-electron chi connectivity index (χ4n) is 5.03. The number of nitrogens with zero attached hydrogens (tertiary/aromatic N) is 4. The number of piperazine rings is 1. The van der Waals surface area contributed by atoms with E-state index in [2.05, 4.69) is 0 Å². The number of carboxylic acids is 2. The van der Waals surface area contributed by atoms with Gasteiger partial charge in [-0.05, 0) is 19.1 Å². The first-order valence-corrected chi connectivity index (χ1v) is 14.9. The van der Waals surface area contributed by atoms with Crippen molar-refractivity contribution in [1.29, 1.82) is 0 Å². The number of anilines is 1. The number of carboxylic acid groups (broad SMARTS) is 3. The molecule has 0 radical (unpaired) electrons. The minimum absolute atomic E-state index is 0.0372. The Morgan fingerprint density at radius 2 is 1.69 bits per heavy atom. The number of aromatic nitrogens is 1. The maximum Gasteiger partial charge on any atom is 0.512 e. The number of hydrogen-bond acceptors (Lipinski definition) is 11. The van der Waals surface area contributed by atoms with Crippen LogP contribution in [-0.4, -0.2) is 116 Å². The van der Waals surface area contributed by atoms with E-state index in [1.165, 1.54) is 28.9 Å². The van der Waals surface area contributed by atoms with Crippen LogP contribution in [-0.2, 0) is 25.6 Å². The molecule has 5 rings (SSSR count). The summed E-state index contributed by atoms with van der Waals surface area (Å²) < 4.78 is 58.7. The second-order valence-corrected chi connectivity index (χ2v) is 11.4. The number of aromatic carboxylic acids is 1. The van der Waals surface area contributed by atoms with Gasteiger partial charge >= 0.3 is 30.4 Å². The van der Waals surface area contributed by atoms with Crippen LogP contribution in [0.5, 0.6) is 0 Å². The summed E-state index contributed by atoms with van der Waals surface area (Å²) in [4.78, 5) is 73.4. The molecule has 16 nitrogen and oxygen atoms in total. The van der Waals surface area contributed by atoms with Crippen LogP contribution >= 0.6 is 11.8 Å². The molecule has 260 valence electrons. The molecule has 21 heteroatoms. The van der Waals surface area contributed by atoms with Crippen LogP contribution in [0.2, 0.25) is 0 Å². The van der Waals surface area contributed by atoms with Gasteiger partial charge in [0, 0.05) is 55.6 Å². The molecule has 2 aromatic rings. The van der Waals surface area contributed by atoms with Crippen molar-refractivity contribution in [3.05, 3.63) is 51.4 Å². The van der Waals surface area contributed by atoms with Gasteiger partial charge in [0.25, 0.3) is 0 Å². The van der Waals surface area contributed by atoms with Crippen molar-refractivity contribution in [1.82, 2.24) is 14.4 Å². The molecule has 5 N–H and O–H groups in total. The van der Waals surface area contributed by atoms with E-state index in [0.29, 0.717) is 17.6 Å². The van der Waals surface area contributed by atoms with E-state index < -0.39 is 64.5 Å². The SMILES string of the molecule is CCn1cc(C(=O)O)c(=O)c2cc(F)c(N3CCN(C(=O)OCC4=C(OC(=O)O)N5C(=O)[C@@H](N)[C@H]5SC4)CC3)cc21.O=C(O)C(F)(F)F. The van der Waals surface area contributed by atoms with E-state index in [4.69, 9.17) is 30.2 Å². The van der Waals surface area contributed by atoms with E-state index >= 15 is 4.39 Å². The number of thioether (sulfide) groups is 1. The number of rotatable bonds is 6. The molecule has 0 aliphatic carbocycles. The summed E-state index contributed by atoms with van der Waals surface area (Å²) >= 11 is 1.31. The highest BCUT2D eigenvalue weighted by Gasteiger charge is 2.51. The maximum absolute atomic E-state index is 15.1. The highest BCUT2D eigenvalue weighted by Crippen LogP contribution is 2.40. The number of aryl methyl sites for hydroxylation is 1. The Kier molecular flexibility index (Phi) is 10.4. The summed E-state index contributed by atoms with van der Waals surface area (Å²) in [6.45, 7) is 2.69. The average molecular weight is 706 g/mol. The summed E-state index contributed by atoms with van der Waals surface area (Å²) in [5.41, 5.74) is 5.47. The Morgan fingerprint density at radius 1 is 1.06 bits per heavy atom. The van der Waals surface area contributed by atoms with Gasteiger partial charge in [-0.3, -0.25) is 14.5 Å². The molecule has 2 amide bonds. The van der Waals surface area contributed by atoms with Gasteiger partial charge < -0.3 is 44.9 Å². The molecular formula is C27H27F4N5O11S. The molecule has 1 aromatic carbocycles. The second kappa shape index (κ2) is 14.0. The summed E-state index contributed by atoms with van der Waals surface area (Å²) in [7, 11) is 0. The van der Waals surface area contributed by atoms with Crippen LogP contribution < -0.4 is 16.1 Å². The number of benzene rings is 1. The van der Waals surface area contributed by atoms with Gasteiger partial charge in [0.05, 0.1) is 11.2 Å². The van der Waals surface area contributed by atoms with Crippen LogP contribution in [0.3, 0.4) is 0 Å². The Morgan fingerprint density at radius 3 is 2.23 bits per heavy atom. The standard InChI is InChI=1S/C25H26FN5O9S.C2HF3O2/c1-2-28-9-14(23(34)35)19(32)13-7-15(26)17(8-16(13)28)29-3-5-30(6-4-29)24(36)39-10-12-11-41-22-18(27)20(33)31(22)21(12)40-25(37)38;3-2(4,5)1(6)7/h7-9,18,22H,2-6,10-11,27H2,1H3,(H,34,35)(H,37,38);(H,6,7)/t18-,22-;/m1./s1. The third-order valence-corrected chi connectivity index (χ3v) is 8.79. The number of alkyl halides is 3. The summed E-state index contributed by atoms with van der Waals surface area (Å²) in [6.07, 6.45) is -6.13. The zero-order chi connectivity index (χ0) is 35.7. The van der Waals surface area contributed by atoms with Crippen molar-refractivity contribution in [2.45, 2.75) is 31.1 Å². The Balaban J connectivity index is 0.000000671. The maximum atomic E-state index is 15.1. The minimum Gasteiger partial charge on any atom is -0.477 e. The molecule has 0 saturated carbocycles. The van der Waals surface area contributed by atoms with Crippen molar-refractivity contribution in [2.24, 2.45) is 5.73 Å². The third-order valence-electron chi connectivity index (χ3n) is 7.43. The lowest BCUT2D eigenvalue weighted by Gasteiger charge is -2.47. The number of pyridine rings is 1. The van der Waals surface area contributed by atoms with E-state index in [1.54, 1.807) is 16.4 Å². The molecule has 0 unspecified atom stereocenters. The molecule has 3 aliphatic rings. The lowest BCUT2D eigenvalue weighted by atomic mass is 10.1. The number of nitrogens with two attached hydrogens (primary N) is 1. The van der Waals surface area contributed by atoms with Crippen molar-refractivity contribution in [2.75, 3.05) is 43.4 Å².